The Hall–Kier alpha value is -2.22. The van der Waals surface area contributed by atoms with Gasteiger partial charge in [0.05, 0.1) is 18.2 Å². The SMILES string of the molecule is CC(=O)[C@@H]1[C@@H](c2cnn(C)c2C)n2ncnc2N[C@]1(C)O. The zero-order valence-corrected chi connectivity index (χ0v) is 12.4. The predicted molar refractivity (Wildman–Crippen MR) is 74.5 cm³/mol. The summed E-state index contributed by atoms with van der Waals surface area (Å²) in [5.74, 6) is -0.373. The van der Waals surface area contributed by atoms with Crippen LogP contribution in [-0.4, -0.2) is 41.2 Å². The number of fused-ring (bicyclic) bond motifs is 1. The Kier molecular flexibility index (Phi) is 2.87. The van der Waals surface area contributed by atoms with Crippen LogP contribution in [0.2, 0.25) is 0 Å². The van der Waals surface area contributed by atoms with E-state index in [2.05, 4.69) is 20.5 Å². The molecule has 21 heavy (non-hydrogen) atoms. The Balaban J connectivity index is 2.23. The van der Waals surface area contributed by atoms with Gasteiger partial charge in [-0.15, -0.1) is 0 Å². The monoisotopic (exact) mass is 290 g/mol. The first-order valence-corrected chi connectivity index (χ1v) is 6.72. The molecule has 0 radical (unpaired) electrons. The largest absolute Gasteiger partial charge is 0.370 e. The van der Waals surface area contributed by atoms with Crippen LogP contribution in [0.5, 0.6) is 0 Å². The van der Waals surface area contributed by atoms with Crippen LogP contribution < -0.4 is 5.32 Å². The molecular formula is C13H18N6O2. The fraction of sp³-hybridized carbons (Fsp3) is 0.538. The zero-order valence-electron chi connectivity index (χ0n) is 12.4. The molecular weight excluding hydrogens is 272 g/mol. The lowest BCUT2D eigenvalue weighted by molar-refractivity contribution is -0.130. The molecule has 2 aromatic heterocycles. The van der Waals surface area contributed by atoms with E-state index in [1.165, 1.54) is 13.3 Å². The zero-order chi connectivity index (χ0) is 15.4. The Morgan fingerprint density at radius 1 is 1.48 bits per heavy atom. The maximum atomic E-state index is 12.2. The molecule has 1 aliphatic rings. The number of carbonyl (C=O) groups excluding carboxylic acids is 1. The Bertz CT molecular complexity index is 701. The highest BCUT2D eigenvalue weighted by Gasteiger charge is 2.49. The fourth-order valence-electron chi connectivity index (χ4n) is 3.03. The van der Waals surface area contributed by atoms with Gasteiger partial charge in [-0.2, -0.15) is 15.2 Å². The standard InChI is InChI=1S/C13H18N6O2/c1-7-9(5-15-18(7)4)11-10(8(2)20)13(3,21)17-12-14-6-16-19(11)12/h5-6,10-11,21H,1-4H3,(H,14,16,17)/t10-,11-,13-/m1/s1. The van der Waals surface area contributed by atoms with Crippen LogP contribution in [0.4, 0.5) is 5.95 Å². The van der Waals surface area contributed by atoms with Gasteiger partial charge in [-0.05, 0) is 20.8 Å². The fourth-order valence-corrected chi connectivity index (χ4v) is 3.03. The average molecular weight is 290 g/mol. The van der Waals surface area contributed by atoms with E-state index < -0.39 is 17.7 Å². The van der Waals surface area contributed by atoms with E-state index in [9.17, 15) is 9.90 Å². The molecule has 3 heterocycles. The van der Waals surface area contributed by atoms with E-state index in [4.69, 9.17) is 0 Å². The van der Waals surface area contributed by atoms with Gasteiger partial charge in [-0.25, -0.2) is 4.68 Å². The summed E-state index contributed by atoms with van der Waals surface area (Å²) in [5, 5.41) is 22.0. The van der Waals surface area contributed by atoms with Gasteiger partial charge in [-0.1, -0.05) is 0 Å². The summed E-state index contributed by atoms with van der Waals surface area (Å²) in [6.45, 7) is 4.98. The molecule has 112 valence electrons. The topological polar surface area (TPSA) is 97.9 Å². The summed E-state index contributed by atoms with van der Waals surface area (Å²) in [6, 6.07) is -0.440. The highest BCUT2D eigenvalue weighted by molar-refractivity contribution is 5.81. The molecule has 0 aromatic carbocycles. The Labute approximate surface area is 121 Å². The number of nitrogens with one attached hydrogen (secondary N) is 1. The first-order valence-electron chi connectivity index (χ1n) is 6.72. The highest BCUT2D eigenvalue weighted by Crippen LogP contribution is 2.41. The summed E-state index contributed by atoms with van der Waals surface area (Å²) in [4.78, 5) is 16.3. The number of carbonyl (C=O) groups is 1. The molecule has 8 nitrogen and oxygen atoms in total. The first-order chi connectivity index (χ1) is 9.83. The normalized spacial score (nSPS) is 28.0. The maximum absolute atomic E-state index is 12.2. The second-order valence-corrected chi connectivity index (χ2v) is 5.64. The van der Waals surface area contributed by atoms with Crippen molar-refractivity contribution in [1.29, 1.82) is 0 Å². The van der Waals surface area contributed by atoms with E-state index >= 15 is 0 Å². The van der Waals surface area contributed by atoms with Crippen LogP contribution in [0, 0.1) is 12.8 Å². The molecule has 8 heteroatoms. The van der Waals surface area contributed by atoms with Crippen molar-refractivity contribution in [2.24, 2.45) is 13.0 Å². The van der Waals surface area contributed by atoms with Crippen molar-refractivity contribution in [1.82, 2.24) is 24.5 Å². The third-order valence-electron chi connectivity index (χ3n) is 4.15. The minimum absolute atomic E-state index is 0.123. The predicted octanol–water partition coefficient (Wildman–Crippen LogP) is 0.249. The minimum Gasteiger partial charge on any atom is -0.370 e. The summed E-state index contributed by atoms with van der Waals surface area (Å²) in [5.41, 5.74) is 0.374. The van der Waals surface area contributed by atoms with Gasteiger partial charge in [0.15, 0.2) is 0 Å². The van der Waals surface area contributed by atoms with Crippen LogP contribution in [0.25, 0.3) is 0 Å². The molecule has 0 saturated heterocycles. The molecule has 2 N–H and O–H groups in total. The first kappa shape index (κ1) is 13.7. The number of aryl methyl sites for hydroxylation is 1. The Morgan fingerprint density at radius 2 is 2.19 bits per heavy atom. The average Bonchev–Trinajstić information content (AvgIpc) is 2.94. The van der Waals surface area contributed by atoms with Crippen LogP contribution in [0.3, 0.4) is 0 Å². The molecule has 2 aromatic rings. The Morgan fingerprint density at radius 3 is 2.76 bits per heavy atom. The van der Waals surface area contributed by atoms with Gasteiger partial charge < -0.3 is 10.4 Å². The number of rotatable bonds is 2. The van der Waals surface area contributed by atoms with Crippen LogP contribution in [0.15, 0.2) is 12.5 Å². The molecule has 1 aliphatic heterocycles. The summed E-state index contributed by atoms with van der Waals surface area (Å²) in [7, 11) is 1.84. The van der Waals surface area contributed by atoms with Gasteiger partial charge in [0.1, 0.15) is 17.8 Å². The lowest BCUT2D eigenvalue weighted by Crippen LogP contribution is -2.54. The maximum Gasteiger partial charge on any atom is 0.223 e. The lowest BCUT2D eigenvalue weighted by atomic mass is 9.81. The van der Waals surface area contributed by atoms with Crippen molar-refractivity contribution in [2.45, 2.75) is 32.5 Å². The van der Waals surface area contributed by atoms with Gasteiger partial charge >= 0.3 is 0 Å². The number of ketones is 1. The molecule has 0 aliphatic carbocycles. The molecule has 0 fully saturated rings. The van der Waals surface area contributed by atoms with Gasteiger partial charge in [0.2, 0.25) is 5.95 Å². The molecule has 0 amide bonds. The van der Waals surface area contributed by atoms with E-state index in [1.54, 1.807) is 22.5 Å². The number of Topliss-reactive ketones (excluding diaryl/α,β-unsaturated/α-hetero) is 1. The van der Waals surface area contributed by atoms with Crippen LogP contribution in [-0.2, 0) is 11.8 Å². The summed E-state index contributed by atoms with van der Waals surface area (Å²) >= 11 is 0. The van der Waals surface area contributed by atoms with E-state index in [0.717, 1.165) is 11.3 Å². The van der Waals surface area contributed by atoms with Crippen LogP contribution >= 0.6 is 0 Å². The van der Waals surface area contributed by atoms with Crippen molar-refractivity contribution >= 4 is 11.7 Å². The number of nitrogens with zero attached hydrogens (tertiary/aromatic N) is 5. The quantitative estimate of drug-likeness (QED) is 0.822. The van der Waals surface area contributed by atoms with Gasteiger partial charge in [0, 0.05) is 18.3 Å². The lowest BCUT2D eigenvalue weighted by Gasteiger charge is -2.41. The summed E-state index contributed by atoms with van der Waals surface area (Å²) < 4.78 is 3.37. The number of anilines is 1. The van der Waals surface area contributed by atoms with Crippen LogP contribution in [0.1, 0.15) is 31.1 Å². The van der Waals surface area contributed by atoms with E-state index in [1.807, 2.05) is 14.0 Å². The van der Waals surface area contributed by atoms with Gasteiger partial charge in [-0.3, -0.25) is 9.48 Å². The molecule has 0 unspecified atom stereocenters. The number of hydrogen-bond donors (Lipinski definition) is 2. The van der Waals surface area contributed by atoms with Crippen molar-refractivity contribution in [3.8, 4) is 0 Å². The third kappa shape index (κ3) is 1.94. The molecule has 3 atom stereocenters. The second-order valence-electron chi connectivity index (χ2n) is 5.64. The number of hydrogen-bond acceptors (Lipinski definition) is 6. The molecule has 0 saturated carbocycles. The van der Waals surface area contributed by atoms with Crippen molar-refractivity contribution in [2.75, 3.05) is 5.32 Å². The summed E-state index contributed by atoms with van der Waals surface area (Å²) in [6.07, 6.45) is 3.11. The smallest absolute Gasteiger partial charge is 0.223 e. The second kappa shape index (κ2) is 4.39. The van der Waals surface area contributed by atoms with Crippen molar-refractivity contribution in [3.63, 3.8) is 0 Å². The molecule has 0 spiro atoms. The molecule has 0 bridgehead atoms. The molecule has 3 rings (SSSR count). The third-order valence-corrected chi connectivity index (χ3v) is 4.15. The van der Waals surface area contributed by atoms with Crippen molar-refractivity contribution in [3.05, 3.63) is 23.8 Å². The van der Waals surface area contributed by atoms with Gasteiger partial charge in [0.25, 0.3) is 0 Å². The highest BCUT2D eigenvalue weighted by atomic mass is 16.3. The minimum atomic E-state index is -1.40. The van der Waals surface area contributed by atoms with E-state index in [0.29, 0.717) is 5.95 Å². The number of aliphatic hydroxyl groups is 1. The van der Waals surface area contributed by atoms with E-state index in [-0.39, 0.29) is 5.78 Å². The van der Waals surface area contributed by atoms with Crippen molar-refractivity contribution < 1.29 is 9.90 Å². The number of aromatic nitrogens is 5.